The SMILES string of the molecule is CC(C)c1cccc(C(C)C)c1-c1cc(Oc2[c-]c3c(c(C(C)(C)c4ccccc4)c2)c2ccccc2n3-c2cc(C(C)(C)C)ccn2)[c-]c(N2[CH-]N(c3cc(C(C)(C)c4ccccc4)cc(C(C)(C)c4ccccc4)c3)c3cc(C(C)(C)C)ccc32)c1.[Pt]. The van der Waals surface area contributed by atoms with Gasteiger partial charge in [0.1, 0.15) is 5.82 Å². The van der Waals surface area contributed by atoms with Gasteiger partial charge in [-0.1, -0.05) is 261 Å². The molecule has 0 amide bonds. The molecule has 0 saturated carbocycles. The van der Waals surface area contributed by atoms with Crippen LogP contribution in [0.1, 0.15) is 178 Å². The van der Waals surface area contributed by atoms with Crippen LogP contribution in [0.5, 0.6) is 11.5 Å². The van der Waals surface area contributed by atoms with E-state index in [1.54, 1.807) is 0 Å². The van der Waals surface area contributed by atoms with Crippen molar-refractivity contribution in [1.82, 2.24) is 9.55 Å². The summed E-state index contributed by atoms with van der Waals surface area (Å²) in [5.41, 5.74) is 19.4. The summed E-state index contributed by atoms with van der Waals surface area (Å²) in [7, 11) is 0. The fraction of sp³-hybridized carbons (Fsp3) is 0.277. The molecule has 89 heavy (non-hydrogen) atoms. The minimum atomic E-state index is -0.463. The van der Waals surface area contributed by atoms with E-state index in [-0.39, 0.29) is 54.6 Å². The van der Waals surface area contributed by atoms with E-state index in [2.05, 4.69) is 344 Å². The molecule has 9 aromatic carbocycles. The third kappa shape index (κ3) is 11.7. The second kappa shape index (κ2) is 23.8. The Bertz CT molecular complexity index is 4290. The van der Waals surface area contributed by atoms with E-state index in [1.165, 1.54) is 55.6 Å². The Hall–Kier alpha value is -7.98. The molecular formula is C83H85N4OPt-3. The van der Waals surface area contributed by atoms with Crippen LogP contribution >= 0.6 is 0 Å². The summed E-state index contributed by atoms with van der Waals surface area (Å²) in [6.07, 6.45) is 1.94. The molecule has 1 aliphatic rings. The average Bonchev–Trinajstić information content (AvgIpc) is 1.66. The van der Waals surface area contributed by atoms with Crippen LogP contribution in [0.15, 0.2) is 206 Å². The van der Waals surface area contributed by atoms with Gasteiger partial charge in [0.2, 0.25) is 0 Å². The van der Waals surface area contributed by atoms with Crippen LogP contribution in [0.3, 0.4) is 0 Å². The standard InChI is InChI=1S/C83H85N4O.Pt/c1-54(2)68-36-28-37-69(55(3)4)77(68)56-43-64(50-66(44-56)88-67-51-71(83(15,16)59-33-24-19-25-34-59)78-70-35-26-27-38-72(70)87(75(78)52-67)76-49-61(41-42-84-76)80(8,9)10)85-53-86(74-48-60(79(5,6)7)39-40-73(74)85)65-46-62(81(11,12)57-29-20-17-21-30-57)45-63(47-65)82(13,14)58-31-22-18-23-32-58;/h17-49,51,53-55H,1-16H3;/q-3;. The number of hydrogen-bond donors (Lipinski definition) is 0. The maximum Gasteiger partial charge on any atom is 0.135 e. The summed E-state index contributed by atoms with van der Waals surface area (Å²) in [4.78, 5) is 9.87. The van der Waals surface area contributed by atoms with Gasteiger partial charge >= 0.3 is 0 Å². The molecule has 0 spiro atoms. The first-order valence-electron chi connectivity index (χ1n) is 31.6. The van der Waals surface area contributed by atoms with Gasteiger partial charge < -0.3 is 19.1 Å². The molecule has 0 unspecified atom stereocenters. The van der Waals surface area contributed by atoms with Crippen molar-refractivity contribution in [3.05, 3.63) is 281 Å². The molecule has 0 radical (unpaired) electrons. The zero-order chi connectivity index (χ0) is 62.2. The number of nitrogens with zero attached hydrogens (tertiary/aromatic N) is 4. The molecular weight excluding hydrogens is 1260 g/mol. The van der Waals surface area contributed by atoms with Crippen molar-refractivity contribution >= 4 is 44.6 Å². The normalized spacial score (nSPS) is 13.2. The molecule has 0 saturated heterocycles. The van der Waals surface area contributed by atoms with Crippen LogP contribution in [0.2, 0.25) is 0 Å². The minimum absolute atomic E-state index is 0. The van der Waals surface area contributed by atoms with Gasteiger partial charge in [-0.15, -0.1) is 53.8 Å². The first kappa shape index (κ1) is 62.6. The van der Waals surface area contributed by atoms with E-state index in [1.807, 2.05) is 6.20 Å². The number of para-hydroxylation sites is 1. The average molecular weight is 1350 g/mol. The molecule has 0 aliphatic carbocycles. The van der Waals surface area contributed by atoms with Crippen LogP contribution < -0.4 is 14.5 Å². The number of ether oxygens (including phenoxy) is 1. The molecule has 12 rings (SSSR count). The zero-order valence-electron chi connectivity index (χ0n) is 54.9. The third-order valence-electron chi connectivity index (χ3n) is 18.9. The predicted octanol–water partition coefficient (Wildman–Crippen LogP) is 22.5. The van der Waals surface area contributed by atoms with Gasteiger partial charge in [-0.05, 0) is 132 Å². The maximum atomic E-state index is 7.54. The maximum absolute atomic E-state index is 7.54. The van der Waals surface area contributed by atoms with Crippen LogP contribution in [-0.4, -0.2) is 9.55 Å². The summed E-state index contributed by atoms with van der Waals surface area (Å²) in [6.45, 7) is 39.3. The molecule has 11 aromatic rings. The molecule has 6 heteroatoms. The molecule has 0 N–H and O–H groups in total. The van der Waals surface area contributed by atoms with Gasteiger partial charge in [-0.25, -0.2) is 4.98 Å². The number of rotatable bonds is 14. The van der Waals surface area contributed by atoms with Crippen molar-refractivity contribution < 1.29 is 25.8 Å². The van der Waals surface area contributed by atoms with Gasteiger partial charge in [-0.3, -0.25) is 0 Å². The quantitative estimate of drug-likeness (QED) is 0.102. The summed E-state index contributed by atoms with van der Waals surface area (Å²) >= 11 is 0. The van der Waals surface area contributed by atoms with E-state index in [0.717, 1.165) is 61.5 Å². The molecule has 3 heterocycles. The number of benzene rings is 9. The Morgan fingerprint density at radius 2 is 0.978 bits per heavy atom. The minimum Gasteiger partial charge on any atom is -0.509 e. The van der Waals surface area contributed by atoms with Crippen molar-refractivity contribution in [2.75, 3.05) is 9.80 Å². The van der Waals surface area contributed by atoms with Crippen LogP contribution in [0, 0.1) is 18.8 Å². The molecule has 0 atom stereocenters. The van der Waals surface area contributed by atoms with Crippen molar-refractivity contribution in [2.24, 2.45) is 0 Å². The van der Waals surface area contributed by atoms with Crippen LogP contribution in [0.25, 0.3) is 38.8 Å². The smallest absolute Gasteiger partial charge is 0.135 e. The Morgan fingerprint density at radius 3 is 1.54 bits per heavy atom. The van der Waals surface area contributed by atoms with Gasteiger partial charge in [0.05, 0.1) is 0 Å². The number of hydrogen-bond acceptors (Lipinski definition) is 4. The summed E-state index contributed by atoms with van der Waals surface area (Å²) in [5.74, 6) is 2.53. The fourth-order valence-corrected chi connectivity index (χ4v) is 13.2. The van der Waals surface area contributed by atoms with Gasteiger partial charge in [-0.2, -0.15) is 0 Å². The third-order valence-corrected chi connectivity index (χ3v) is 18.9. The first-order valence-corrected chi connectivity index (χ1v) is 31.6. The zero-order valence-corrected chi connectivity index (χ0v) is 57.1. The van der Waals surface area contributed by atoms with E-state index < -0.39 is 5.41 Å². The van der Waals surface area contributed by atoms with E-state index in [4.69, 9.17) is 9.72 Å². The van der Waals surface area contributed by atoms with Gasteiger partial charge in [0.15, 0.2) is 0 Å². The van der Waals surface area contributed by atoms with Gasteiger partial charge in [0, 0.05) is 72.2 Å². The predicted molar refractivity (Wildman–Crippen MR) is 371 cm³/mol. The van der Waals surface area contributed by atoms with Crippen LogP contribution in [0.4, 0.5) is 22.7 Å². The molecule has 0 fully saturated rings. The first-order chi connectivity index (χ1) is 41.8. The van der Waals surface area contributed by atoms with Crippen molar-refractivity contribution in [2.45, 2.75) is 150 Å². The van der Waals surface area contributed by atoms with Crippen LogP contribution in [-0.2, 0) is 48.1 Å². The monoisotopic (exact) mass is 1350 g/mol. The van der Waals surface area contributed by atoms with Crippen molar-refractivity contribution in [1.29, 1.82) is 0 Å². The Balaban J connectivity index is 0.00000817. The van der Waals surface area contributed by atoms with Crippen molar-refractivity contribution in [3.8, 4) is 28.4 Å². The number of aromatic nitrogens is 2. The Labute approximate surface area is 545 Å². The molecule has 5 nitrogen and oxygen atoms in total. The molecule has 456 valence electrons. The second-order valence-corrected chi connectivity index (χ2v) is 28.7. The van der Waals surface area contributed by atoms with Gasteiger partial charge in [0.25, 0.3) is 0 Å². The Kier molecular flexibility index (Phi) is 16.7. The summed E-state index contributed by atoms with van der Waals surface area (Å²) in [6, 6.07) is 81.6. The van der Waals surface area contributed by atoms with E-state index in [0.29, 0.717) is 11.5 Å². The molecule has 0 bridgehead atoms. The molecule has 1 aliphatic heterocycles. The summed E-state index contributed by atoms with van der Waals surface area (Å²) < 4.78 is 9.83. The number of anilines is 4. The summed E-state index contributed by atoms with van der Waals surface area (Å²) in [5, 5.41) is 2.26. The number of fused-ring (bicyclic) bond motifs is 4. The molecule has 2 aromatic heterocycles. The largest absolute Gasteiger partial charge is 0.509 e. The van der Waals surface area contributed by atoms with E-state index in [9.17, 15) is 0 Å². The topological polar surface area (TPSA) is 33.5 Å². The second-order valence-electron chi connectivity index (χ2n) is 28.7. The fourth-order valence-electron chi connectivity index (χ4n) is 13.2. The Morgan fingerprint density at radius 1 is 0.449 bits per heavy atom. The van der Waals surface area contributed by atoms with E-state index >= 15 is 0 Å². The van der Waals surface area contributed by atoms with Crippen molar-refractivity contribution in [3.63, 3.8) is 0 Å². The number of pyridine rings is 1.